The second-order valence-corrected chi connectivity index (χ2v) is 7.71. The Morgan fingerprint density at radius 1 is 1.03 bits per heavy atom. The molecule has 0 bridgehead atoms. The van der Waals surface area contributed by atoms with Crippen LogP contribution in [-0.2, 0) is 6.54 Å². The molecule has 1 atom stereocenters. The Kier molecular flexibility index (Phi) is 6.23. The molecule has 0 radical (unpaired) electrons. The van der Waals surface area contributed by atoms with E-state index in [1.807, 2.05) is 32.9 Å². The molecule has 0 fully saturated rings. The van der Waals surface area contributed by atoms with E-state index in [1.54, 1.807) is 28.9 Å². The molecule has 0 spiro atoms. The number of benzene rings is 2. The molecule has 1 N–H and O–H groups in total. The molecule has 0 amide bonds. The van der Waals surface area contributed by atoms with Gasteiger partial charge < -0.3 is 14.6 Å². The molecule has 8 heteroatoms. The lowest BCUT2D eigenvalue weighted by molar-refractivity contribution is 0.0914. The van der Waals surface area contributed by atoms with Gasteiger partial charge in [-0.15, -0.1) is 0 Å². The van der Waals surface area contributed by atoms with Crippen molar-refractivity contribution in [3.63, 3.8) is 0 Å². The summed E-state index contributed by atoms with van der Waals surface area (Å²) in [5.74, 6) is 1.37. The third-order valence-electron chi connectivity index (χ3n) is 4.99. The zero-order valence-corrected chi connectivity index (χ0v) is 18.4. The highest BCUT2D eigenvalue weighted by molar-refractivity contribution is 5.75. The van der Waals surface area contributed by atoms with Crippen LogP contribution in [0.15, 0.2) is 59.8 Å². The van der Waals surface area contributed by atoms with Gasteiger partial charge in [0.2, 0.25) is 0 Å². The maximum absolute atomic E-state index is 12.9. The zero-order valence-electron chi connectivity index (χ0n) is 18.4. The van der Waals surface area contributed by atoms with E-state index in [4.69, 9.17) is 9.47 Å². The predicted octanol–water partition coefficient (Wildman–Crippen LogP) is 3.04. The molecule has 0 aliphatic heterocycles. The van der Waals surface area contributed by atoms with E-state index in [0.717, 1.165) is 22.6 Å². The topological polar surface area (TPSA) is 91.4 Å². The fraction of sp³-hybridized carbons (Fsp3) is 0.292. The maximum Gasteiger partial charge on any atom is 0.264 e. The van der Waals surface area contributed by atoms with Crippen molar-refractivity contribution in [2.45, 2.75) is 33.4 Å². The average Bonchev–Trinajstić information content (AvgIpc) is 3.20. The van der Waals surface area contributed by atoms with E-state index < -0.39 is 6.10 Å². The largest absolute Gasteiger partial charge is 0.494 e. The highest BCUT2D eigenvalue weighted by atomic mass is 16.5. The fourth-order valence-electron chi connectivity index (χ4n) is 3.61. The zero-order chi connectivity index (χ0) is 22.7. The number of aryl methyl sites for hydroxylation is 2. The third kappa shape index (κ3) is 4.65. The second kappa shape index (κ2) is 9.23. The Morgan fingerprint density at radius 2 is 1.69 bits per heavy atom. The number of fused-ring (bicyclic) bond motifs is 1. The van der Waals surface area contributed by atoms with Gasteiger partial charge in [0.1, 0.15) is 35.9 Å². The summed E-state index contributed by atoms with van der Waals surface area (Å²) in [6.07, 6.45) is 2.07. The molecule has 4 aromatic rings. The van der Waals surface area contributed by atoms with Crippen LogP contribution in [0.4, 0.5) is 0 Å². The molecule has 32 heavy (non-hydrogen) atoms. The van der Waals surface area contributed by atoms with Gasteiger partial charge in [-0.2, -0.15) is 5.10 Å². The number of aromatic nitrogens is 4. The van der Waals surface area contributed by atoms with E-state index in [9.17, 15) is 9.90 Å². The van der Waals surface area contributed by atoms with E-state index >= 15 is 0 Å². The molecule has 0 saturated heterocycles. The molecule has 2 aromatic carbocycles. The molecule has 8 nitrogen and oxygen atoms in total. The smallest absolute Gasteiger partial charge is 0.264 e. The van der Waals surface area contributed by atoms with E-state index in [2.05, 4.69) is 16.1 Å². The van der Waals surface area contributed by atoms with Gasteiger partial charge in [0.05, 0.1) is 25.0 Å². The Hall–Kier alpha value is -3.65. The van der Waals surface area contributed by atoms with Gasteiger partial charge in [-0.3, -0.25) is 9.36 Å². The number of nitrogens with zero attached hydrogens (tertiary/aromatic N) is 4. The molecule has 0 aliphatic carbocycles. The normalized spacial score (nSPS) is 12.1. The summed E-state index contributed by atoms with van der Waals surface area (Å²) in [4.78, 5) is 17.4. The van der Waals surface area contributed by atoms with E-state index in [1.165, 1.54) is 17.1 Å². The summed E-state index contributed by atoms with van der Waals surface area (Å²) < 4.78 is 14.1. The lowest BCUT2D eigenvalue weighted by atomic mass is 10.1. The number of ether oxygens (including phenoxy) is 2. The summed E-state index contributed by atoms with van der Waals surface area (Å²) in [6, 6.07) is 13.2. The van der Waals surface area contributed by atoms with Gasteiger partial charge in [-0.05, 0) is 68.3 Å². The van der Waals surface area contributed by atoms with Crippen molar-refractivity contribution in [1.82, 2.24) is 19.3 Å². The van der Waals surface area contributed by atoms with E-state index in [0.29, 0.717) is 23.4 Å². The molecular weight excluding hydrogens is 408 g/mol. The molecule has 0 aliphatic rings. The SMILES string of the molecule is CCOc1ccc(OC[C@H](O)Cn2cnc3c(cnn3-c3cc(C)cc(C)c3)c2=O)cc1. The summed E-state index contributed by atoms with van der Waals surface area (Å²) in [6.45, 7) is 6.64. The highest BCUT2D eigenvalue weighted by Gasteiger charge is 2.14. The molecule has 2 heterocycles. The summed E-state index contributed by atoms with van der Waals surface area (Å²) in [5, 5.41) is 15.1. The van der Waals surface area contributed by atoms with Crippen molar-refractivity contribution >= 4 is 11.0 Å². The Morgan fingerprint density at radius 3 is 2.34 bits per heavy atom. The first-order chi connectivity index (χ1) is 15.4. The Bertz CT molecular complexity index is 1260. The standard InChI is InChI=1S/C24H26N4O4/c1-4-31-20-5-7-21(8-6-20)32-14-19(29)13-27-15-25-23-22(24(27)30)12-26-28(23)18-10-16(2)9-17(3)11-18/h5-12,15,19,29H,4,13-14H2,1-3H3/t19-/m1/s1. The minimum atomic E-state index is -0.881. The number of aliphatic hydroxyl groups excluding tert-OH is 1. The van der Waals surface area contributed by atoms with Crippen LogP contribution < -0.4 is 15.0 Å². The van der Waals surface area contributed by atoms with Crippen LogP contribution in [0, 0.1) is 13.8 Å². The third-order valence-corrected chi connectivity index (χ3v) is 4.99. The van der Waals surface area contributed by atoms with Crippen molar-refractivity contribution < 1.29 is 14.6 Å². The predicted molar refractivity (Wildman–Crippen MR) is 122 cm³/mol. The molecule has 2 aromatic heterocycles. The molecule has 0 unspecified atom stereocenters. The van der Waals surface area contributed by atoms with Crippen LogP contribution in [0.1, 0.15) is 18.1 Å². The van der Waals surface area contributed by atoms with Gasteiger partial charge in [0, 0.05) is 0 Å². The van der Waals surface area contributed by atoms with Gasteiger partial charge in [-0.25, -0.2) is 9.67 Å². The summed E-state index contributed by atoms with van der Waals surface area (Å²) >= 11 is 0. The fourth-order valence-corrected chi connectivity index (χ4v) is 3.61. The second-order valence-electron chi connectivity index (χ2n) is 7.71. The first kappa shape index (κ1) is 21.6. The quantitative estimate of drug-likeness (QED) is 0.458. The lowest BCUT2D eigenvalue weighted by Crippen LogP contribution is -2.30. The van der Waals surface area contributed by atoms with Crippen molar-refractivity contribution in [2.75, 3.05) is 13.2 Å². The van der Waals surface area contributed by atoms with Crippen LogP contribution >= 0.6 is 0 Å². The lowest BCUT2D eigenvalue weighted by Gasteiger charge is -2.14. The summed E-state index contributed by atoms with van der Waals surface area (Å²) in [5.41, 5.74) is 3.29. The minimum Gasteiger partial charge on any atom is -0.494 e. The van der Waals surface area contributed by atoms with Gasteiger partial charge in [0.15, 0.2) is 5.65 Å². The maximum atomic E-state index is 12.9. The van der Waals surface area contributed by atoms with E-state index in [-0.39, 0.29) is 18.7 Å². The Labute approximate surface area is 185 Å². The minimum absolute atomic E-state index is 0.0420. The van der Waals surface area contributed by atoms with Crippen molar-refractivity contribution in [1.29, 1.82) is 0 Å². The first-order valence-corrected chi connectivity index (χ1v) is 10.5. The number of aliphatic hydroxyl groups is 1. The number of rotatable bonds is 8. The number of hydrogen-bond donors (Lipinski definition) is 1. The van der Waals surface area contributed by atoms with Crippen molar-refractivity contribution in [2.24, 2.45) is 0 Å². The molecule has 4 rings (SSSR count). The van der Waals surface area contributed by atoms with Crippen LogP contribution in [0.25, 0.3) is 16.7 Å². The molecule has 0 saturated carbocycles. The van der Waals surface area contributed by atoms with Gasteiger partial charge >= 0.3 is 0 Å². The van der Waals surface area contributed by atoms with Gasteiger partial charge in [0.25, 0.3) is 5.56 Å². The Balaban J connectivity index is 1.47. The van der Waals surface area contributed by atoms with Crippen molar-refractivity contribution in [3.8, 4) is 17.2 Å². The van der Waals surface area contributed by atoms with Gasteiger partial charge in [-0.1, -0.05) is 6.07 Å². The summed E-state index contributed by atoms with van der Waals surface area (Å²) in [7, 11) is 0. The first-order valence-electron chi connectivity index (χ1n) is 10.5. The van der Waals surface area contributed by atoms with Crippen molar-refractivity contribution in [3.05, 3.63) is 76.5 Å². The van der Waals surface area contributed by atoms with Crippen LogP contribution in [-0.4, -0.2) is 43.8 Å². The molecule has 166 valence electrons. The monoisotopic (exact) mass is 434 g/mol. The highest BCUT2D eigenvalue weighted by Crippen LogP contribution is 2.18. The van der Waals surface area contributed by atoms with Crippen LogP contribution in [0.2, 0.25) is 0 Å². The van der Waals surface area contributed by atoms with Crippen LogP contribution in [0.3, 0.4) is 0 Å². The average molecular weight is 434 g/mol. The van der Waals surface area contributed by atoms with Crippen LogP contribution in [0.5, 0.6) is 11.5 Å². The molecular formula is C24H26N4O4. The number of hydrogen-bond acceptors (Lipinski definition) is 6.